The van der Waals surface area contributed by atoms with E-state index in [1.165, 1.54) is 36.4 Å². The lowest BCUT2D eigenvalue weighted by molar-refractivity contribution is -0.111. The quantitative estimate of drug-likeness (QED) is 0.392. The first-order valence-electron chi connectivity index (χ1n) is 5.85. The van der Waals surface area contributed by atoms with E-state index in [0.29, 0.717) is 5.69 Å². The molecule has 0 saturated carbocycles. The molecule has 2 aromatic rings. The summed E-state index contributed by atoms with van der Waals surface area (Å²) in [7, 11) is 0. The summed E-state index contributed by atoms with van der Waals surface area (Å²) in [4.78, 5) is 11.7. The third-order valence-electron chi connectivity index (χ3n) is 2.56. The molecule has 0 unspecified atom stereocenters. The van der Waals surface area contributed by atoms with Crippen LogP contribution in [-0.2, 0) is 4.79 Å². The van der Waals surface area contributed by atoms with Crippen molar-refractivity contribution >= 4 is 17.7 Å². The third kappa shape index (κ3) is 3.52. The second kappa shape index (κ2) is 5.79. The molecular weight excluding hydrogens is 258 g/mol. The Balaban J connectivity index is 2.01. The Morgan fingerprint density at radius 2 is 1.65 bits per heavy atom. The van der Waals surface area contributed by atoms with Crippen LogP contribution in [0.3, 0.4) is 0 Å². The summed E-state index contributed by atoms with van der Waals surface area (Å²) in [6, 6.07) is 10.4. The van der Waals surface area contributed by atoms with Crippen molar-refractivity contribution in [1.82, 2.24) is 0 Å². The van der Waals surface area contributed by atoms with Crippen LogP contribution in [0.1, 0.15) is 5.56 Å². The van der Waals surface area contributed by atoms with Crippen LogP contribution in [0.2, 0.25) is 0 Å². The first-order valence-corrected chi connectivity index (χ1v) is 5.85. The molecule has 1 amide bonds. The molecule has 0 atom stereocenters. The molecule has 20 heavy (non-hydrogen) atoms. The minimum atomic E-state index is -0.372. The highest BCUT2D eigenvalue weighted by molar-refractivity contribution is 6.02. The minimum absolute atomic E-state index is 0.158. The molecule has 0 heterocycles. The van der Waals surface area contributed by atoms with Gasteiger partial charge in [0, 0.05) is 17.8 Å². The zero-order valence-electron chi connectivity index (χ0n) is 10.4. The molecule has 0 aliphatic rings. The molecule has 2 rings (SSSR count). The minimum Gasteiger partial charge on any atom is -0.508 e. The normalized spacial score (nSPS) is 10.6. The standard InChI is InChI=1S/C15H13NO4/c17-12-5-1-10(2-6-12)3-8-15(20)16-11-4-7-13(18)14(19)9-11/h1-9,17-19H,(H,16,20)/b8-3+. The van der Waals surface area contributed by atoms with Gasteiger partial charge >= 0.3 is 0 Å². The fourth-order valence-electron chi connectivity index (χ4n) is 1.54. The maximum Gasteiger partial charge on any atom is 0.248 e. The third-order valence-corrected chi connectivity index (χ3v) is 2.56. The van der Waals surface area contributed by atoms with Gasteiger partial charge < -0.3 is 20.6 Å². The van der Waals surface area contributed by atoms with E-state index in [1.54, 1.807) is 18.2 Å². The number of benzene rings is 2. The second-order valence-electron chi connectivity index (χ2n) is 4.12. The van der Waals surface area contributed by atoms with Crippen molar-refractivity contribution in [2.24, 2.45) is 0 Å². The van der Waals surface area contributed by atoms with Gasteiger partial charge in [-0.1, -0.05) is 12.1 Å². The first kappa shape index (κ1) is 13.5. The van der Waals surface area contributed by atoms with Gasteiger partial charge in [-0.05, 0) is 35.9 Å². The van der Waals surface area contributed by atoms with E-state index in [1.807, 2.05) is 0 Å². The van der Waals surface area contributed by atoms with E-state index in [4.69, 9.17) is 10.2 Å². The number of anilines is 1. The monoisotopic (exact) mass is 271 g/mol. The van der Waals surface area contributed by atoms with Crippen LogP contribution in [-0.4, -0.2) is 21.2 Å². The molecule has 5 nitrogen and oxygen atoms in total. The molecule has 2 aromatic carbocycles. The van der Waals surface area contributed by atoms with Crippen molar-refractivity contribution in [3.63, 3.8) is 0 Å². The fourth-order valence-corrected chi connectivity index (χ4v) is 1.54. The molecular formula is C15H13NO4. The molecule has 0 saturated heterocycles. The second-order valence-corrected chi connectivity index (χ2v) is 4.12. The Morgan fingerprint density at radius 3 is 2.30 bits per heavy atom. The molecule has 0 radical (unpaired) electrons. The summed E-state index contributed by atoms with van der Waals surface area (Å²) in [6.45, 7) is 0. The number of carbonyl (C=O) groups is 1. The number of phenols is 3. The van der Waals surface area contributed by atoms with Gasteiger partial charge in [-0.15, -0.1) is 0 Å². The predicted octanol–water partition coefficient (Wildman–Crippen LogP) is 2.46. The Bertz CT molecular complexity index is 647. The Kier molecular flexibility index (Phi) is 3.91. The Morgan fingerprint density at radius 1 is 0.950 bits per heavy atom. The van der Waals surface area contributed by atoms with Crippen molar-refractivity contribution in [1.29, 1.82) is 0 Å². The molecule has 5 heteroatoms. The predicted molar refractivity (Wildman–Crippen MR) is 75.5 cm³/mol. The van der Waals surface area contributed by atoms with Crippen molar-refractivity contribution in [2.45, 2.75) is 0 Å². The van der Waals surface area contributed by atoms with Gasteiger partial charge in [-0.2, -0.15) is 0 Å². The van der Waals surface area contributed by atoms with Gasteiger partial charge in [-0.25, -0.2) is 0 Å². The Labute approximate surface area is 115 Å². The summed E-state index contributed by atoms with van der Waals surface area (Å²) in [5, 5.41) is 30.1. The van der Waals surface area contributed by atoms with Gasteiger partial charge in [0.15, 0.2) is 11.5 Å². The number of hydrogen-bond donors (Lipinski definition) is 4. The fraction of sp³-hybridized carbons (Fsp3) is 0. The van der Waals surface area contributed by atoms with Crippen molar-refractivity contribution in [2.75, 3.05) is 5.32 Å². The Hall–Kier alpha value is -2.95. The highest BCUT2D eigenvalue weighted by Gasteiger charge is 2.02. The lowest BCUT2D eigenvalue weighted by Crippen LogP contribution is -2.07. The smallest absolute Gasteiger partial charge is 0.248 e. The van der Waals surface area contributed by atoms with Gasteiger partial charge in [0.2, 0.25) is 5.91 Å². The first-order chi connectivity index (χ1) is 9.54. The van der Waals surface area contributed by atoms with E-state index in [0.717, 1.165) is 5.56 Å². The van der Waals surface area contributed by atoms with Crippen LogP contribution in [0, 0.1) is 0 Å². The molecule has 4 N–H and O–H groups in total. The maximum absolute atomic E-state index is 11.7. The molecule has 0 bridgehead atoms. The van der Waals surface area contributed by atoms with E-state index in [9.17, 15) is 9.90 Å². The molecule has 0 fully saturated rings. The SMILES string of the molecule is O=C(/C=C/c1ccc(O)cc1)Nc1ccc(O)c(O)c1. The topological polar surface area (TPSA) is 89.8 Å². The molecule has 0 aliphatic heterocycles. The molecule has 0 aliphatic carbocycles. The number of carbonyl (C=O) groups excluding carboxylic acids is 1. The van der Waals surface area contributed by atoms with Crippen molar-refractivity contribution in [3.8, 4) is 17.2 Å². The lowest BCUT2D eigenvalue weighted by atomic mass is 10.2. The van der Waals surface area contributed by atoms with Crippen LogP contribution < -0.4 is 5.32 Å². The highest BCUT2D eigenvalue weighted by atomic mass is 16.3. The largest absolute Gasteiger partial charge is 0.508 e. The summed E-state index contributed by atoms with van der Waals surface area (Å²) in [5.74, 6) is -0.762. The van der Waals surface area contributed by atoms with E-state index >= 15 is 0 Å². The number of nitrogens with one attached hydrogen (secondary N) is 1. The lowest BCUT2D eigenvalue weighted by Gasteiger charge is -2.03. The number of aromatic hydroxyl groups is 3. The summed E-state index contributed by atoms with van der Waals surface area (Å²) in [5.41, 5.74) is 1.15. The van der Waals surface area contributed by atoms with Gasteiger partial charge in [0.25, 0.3) is 0 Å². The average Bonchev–Trinajstić information content (AvgIpc) is 2.42. The van der Waals surface area contributed by atoms with Crippen LogP contribution in [0.4, 0.5) is 5.69 Å². The summed E-state index contributed by atoms with van der Waals surface area (Å²) < 4.78 is 0. The van der Waals surface area contributed by atoms with Gasteiger partial charge in [0.05, 0.1) is 0 Å². The molecule has 0 aromatic heterocycles. The highest BCUT2D eigenvalue weighted by Crippen LogP contribution is 2.27. The van der Waals surface area contributed by atoms with Crippen molar-refractivity contribution < 1.29 is 20.1 Å². The van der Waals surface area contributed by atoms with E-state index < -0.39 is 0 Å². The van der Waals surface area contributed by atoms with Crippen LogP contribution >= 0.6 is 0 Å². The van der Waals surface area contributed by atoms with Gasteiger partial charge in [0.1, 0.15) is 5.75 Å². The van der Waals surface area contributed by atoms with Gasteiger partial charge in [-0.3, -0.25) is 4.79 Å². The number of amides is 1. The van der Waals surface area contributed by atoms with Crippen molar-refractivity contribution in [3.05, 3.63) is 54.1 Å². The van der Waals surface area contributed by atoms with Crippen LogP contribution in [0.25, 0.3) is 6.08 Å². The number of phenolic OH excluding ortho intramolecular Hbond substituents is 3. The number of rotatable bonds is 3. The van der Waals surface area contributed by atoms with Crippen LogP contribution in [0.5, 0.6) is 17.2 Å². The number of hydrogen-bond acceptors (Lipinski definition) is 4. The van der Waals surface area contributed by atoms with E-state index in [2.05, 4.69) is 5.32 Å². The maximum atomic E-state index is 11.7. The summed E-state index contributed by atoms with van der Waals surface area (Å²) in [6.07, 6.45) is 2.92. The molecule has 0 spiro atoms. The van der Waals surface area contributed by atoms with Crippen LogP contribution in [0.15, 0.2) is 48.5 Å². The zero-order valence-corrected chi connectivity index (χ0v) is 10.4. The summed E-state index contributed by atoms with van der Waals surface area (Å²) >= 11 is 0. The van der Waals surface area contributed by atoms with E-state index in [-0.39, 0.29) is 23.2 Å². The average molecular weight is 271 g/mol. The zero-order chi connectivity index (χ0) is 14.5. The molecule has 102 valence electrons.